The molecule has 1 amide bonds. The number of carbonyl (C=O) groups is 1. The average Bonchev–Trinajstić information content (AvgIpc) is 2.79. The van der Waals surface area contributed by atoms with Crippen molar-refractivity contribution in [1.82, 2.24) is 9.80 Å². The Kier molecular flexibility index (Phi) is 8.08. The third-order valence-electron chi connectivity index (χ3n) is 5.45. The van der Waals surface area contributed by atoms with Crippen LogP contribution in [-0.2, 0) is 22.7 Å². The van der Waals surface area contributed by atoms with Gasteiger partial charge in [0, 0.05) is 38.3 Å². The Morgan fingerprint density at radius 1 is 0.972 bits per heavy atom. The number of ether oxygens (including phenoxy) is 1. The molecule has 1 heterocycles. The molecular formula is C22H23F6N3O4S. The highest BCUT2D eigenvalue weighted by atomic mass is 32.2. The summed E-state index contributed by atoms with van der Waals surface area (Å²) in [6.07, 6.45) is -9.54. The molecule has 3 rings (SSSR count). The highest BCUT2D eigenvalue weighted by Gasteiger charge is 2.34. The van der Waals surface area contributed by atoms with Gasteiger partial charge in [-0.1, -0.05) is 12.1 Å². The number of halogens is 6. The molecule has 1 fully saturated rings. The van der Waals surface area contributed by atoms with E-state index in [1.54, 1.807) is 0 Å². The molecule has 0 atom stereocenters. The summed E-state index contributed by atoms with van der Waals surface area (Å²) in [5.41, 5.74) is -0.650. The first kappa shape index (κ1) is 27.6. The molecule has 0 radical (unpaired) electrons. The van der Waals surface area contributed by atoms with Gasteiger partial charge in [0.05, 0.1) is 17.0 Å². The number of hydrogen-bond donors (Lipinski definition) is 1. The standard InChI is InChI=1S/C22H23F6N3O4S/c1-2-36(33,34)29-18-8-5-16(13-19(18)35-22(26,27)28)20(32)31-11-9-30(10-12-31)14-15-3-6-17(7-4-15)21(23,24)25/h3-8,13,29H,2,9-12,14H2,1H3. The number of anilines is 1. The van der Waals surface area contributed by atoms with E-state index in [9.17, 15) is 39.6 Å². The van der Waals surface area contributed by atoms with Gasteiger partial charge in [-0.3, -0.25) is 14.4 Å². The molecule has 2 aromatic carbocycles. The van der Waals surface area contributed by atoms with Crippen LogP contribution in [0.2, 0.25) is 0 Å². The normalized spacial score (nSPS) is 15.6. The lowest BCUT2D eigenvalue weighted by Gasteiger charge is -2.35. The van der Waals surface area contributed by atoms with Gasteiger partial charge < -0.3 is 9.64 Å². The number of nitrogens with zero attached hydrogens (tertiary/aromatic N) is 2. The zero-order valence-electron chi connectivity index (χ0n) is 19.0. The summed E-state index contributed by atoms with van der Waals surface area (Å²) in [5, 5.41) is 0. The summed E-state index contributed by atoms with van der Waals surface area (Å²) in [5.74, 6) is -1.80. The number of amides is 1. The van der Waals surface area contributed by atoms with Crippen molar-refractivity contribution in [2.75, 3.05) is 36.7 Å². The minimum Gasteiger partial charge on any atom is -0.404 e. The van der Waals surface area contributed by atoms with Crippen LogP contribution >= 0.6 is 0 Å². The maximum absolute atomic E-state index is 12.9. The van der Waals surface area contributed by atoms with Crippen LogP contribution in [0.15, 0.2) is 42.5 Å². The van der Waals surface area contributed by atoms with Crippen molar-refractivity contribution < 1.29 is 44.3 Å². The number of hydrogen-bond acceptors (Lipinski definition) is 5. The van der Waals surface area contributed by atoms with Crippen molar-refractivity contribution in [2.24, 2.45) is 0 Å². The summed E-state index contributed by atoms with van der Waals surface area (Å²) < 4.78 is 106. The molecular weight excluding hydrogens is 516 g/mol. The van der Waals surface area contributed by atoms with E-state index in [1.807, 2.05) is 9.62 Å². The van der Waals surface area contributed by atoms with E-state index in [-0.39, 0.29) is 24.4 Å². The fourth-order valence-corrected chi connectivity index (χ4v) is 4.19. The Hall–Kier alpha value is -3.00. The van der Waals surface area contributed by atoms with E-state index in [2.05, 4.69) is 4.74 Å². The third kappa shape index (κ3) is 7.50. The van der Waals surface area contributed by atoms with Crippen molar-refractivity contribution in [3.05, 3.63) is 59.2 Å². The molecule has 1 N–H and O–H groups in total. The first-order valence-corrected chi connectivity index (χ1v) is 12.4. The molecule has 0 bridgehead atoms. The summed E-state index contributed by atoms with van der Waals surface area (Å²) in [4.78, 5) is 16.3. The summed E-state index contributed by atoms with van der Waals surface area (Å²) in [6, 6.07) is 7.83. The average molecular weight is 539 g/mol. The minimum atomic E-state index is -5.11. The van der Waals surface area contributed by atoms with E-state index >= 15 is 0 Å². The number of rotatable bonds is 7. The second kappa shape index (κ2) is 10.5. The van der Waals surface area contributed by atoms with Gasteiger partial charge in [-0.15, -0.1) is 13.2 Å². The van der Waals surface area contributed by atoms with Crippen LogP contribution in [0, 0.1) is 0 Å². The van der Waals surface area contributed by atoms with Gasteiger partial charge in [-0.2, -0.15) is 13.2 Å². The molecule has 1 aliphatic rings. The Balaban J connectivity index is 1.66. The molecule has 1 saturated heterocycles. The topological polar surface area (TPSA) is 79.0 Å². The molecule has 0 aromatic heterocycles. The van der Waals surface area contributed by atoms with Gasteiger partial charge in [-0.25, -0.2) is 8.42 Å². The van der Waals surface area contributed by atoms with E-state index in [0.717, 1.165) is 24.3 Å². The highest BCUT2D eigenvalue weighted by molar-refractivity contribution is 7.92. The van der Waals surface area contributed by atoms with Crippen LogP contribution in [0.1, 0.15) is 28.4 Å². The number of sulfonamides is 1. The molecule has 0 spiro atoms. The van der Waals surface area contributed by atoms with E-state index in [1.165, 1.54) is 30.0 Å². The molecule has 0 unspecified atom stereocenters. The fourth-order valence-electron chi connectivity index (χ4n) is 3.54. The summed E-state index contributed by atoms with van der Waals surface area (Å²) in [6.45, 7) is 2.94. The zero-order chi connectivity index (χ0) is 26.7. The number of alkyl halides is 6. The van der Waals surface area contributed by atoms with Crippen molar-refractivity contribution in [1.29, 1.82) is 0 Å². The molecule has 36 heavy (non-hydrogen) atoms. The molecule has 2 aromatic rings. The second-order valence-electron chi connectivity index (χ2n) is 8.03. The summed E-state index contributed by atoms with van der Waals surface area (Å²) >= 11 is 0. The quantitative estimate of drug-likeness (QED) is 0.531. The zero-order valence-corrected chi connectivity index (χ0v) is 19.8. The Morgan fingerprint density at radius 3 is 2.11 bits per heavy atom. The monoisotopic (exact) mass is 539 g/mol. The Bertz CT molecular complexity index is 1180. The number of nitrogens with one attached hydrogen (secondary N) is 1. The minimum absolute atomic E-state index is 0.120. The van der Waals surface area contributed by atoms with Gasteiger partial charge in [0.25, 0.3) is 5.91 Å². The largest absolute Gasteiger partial charge is 0.573 e. The lowest BCUT2D eigenvalue weighted by molar-refractivity contribution is -0.274. The molecule has 0 saturated carbocycles. The fraction of sp³-hybridized carbons (Fsp3) is 0.409. The van der Waals surface area contributed by atoms with E-state index in [4.69, 9.17) is 0 Å². The lowest BCUT2D eigenvalue weighted by atomic mass is 10.1. The van der Waals surface area contributed by atoms with Crippen LogP contribution < -0.4 is 9.46 Å². The van der Waals surface area contributed by atoms with Gasteiger partial charge >= 0.3 is 12.5 Å². The van der Waals surface area contributed by atoms with Gasteiger partial charge in [0.15, 0.2) is 5.75 Å². The first-order chi connectivity index (χ1) is 16.7. The predicted octanol–water partition coefficient (Wildman–Crippen LogP) is 4.32. The van der Waals surface area contributed by atoms with Crippen molar-refractivity contribution >= 4 is 21.6 Å². The van der Waals surface area contributed by atoms with Crippen molar-refractivity contribution in [2.45, 2.75) is 26.0 Å². The summed E-state index contributed by atoms with van der Waals surface area (Å²) in [7, 11) is -3.90. The number of carbonyl (C=O) groups excluding carboxylic acids is 1. The molecule has 198 valence electrons. The van der Waals surface area contributed by atoms with Crippen LogP contribution in [-0.4, -0.2) is 62.4 Å². The maximum Gasteiger partial charge on any atom is 0.573 e. The van der Waals surface area contributed by atoms with Crippen LogP contribution in [0.5, 0.6) is 5.75 Å². The molecule has 14 heteroatoms. The smallest absolute Gasteiger partial charge is 0.404 e. The van der Waals surface area contributed by atoms with E-state index < -0.39 is 45.5 Å². The Morgan fingerprint density at radius 2 is 1.58 bits per heavy atom. The SMILES string of the molecule is CCS(=O)(=O)Nc1ccc(C(=O)N2CCN(Cc3ccc(C(F)(F)F)cc3)CC2)cc1OC(F)(F)F. The van der Waals surface area contributed by atoms with Crippen molar-refractivity contribution in [3.63, 3.8) is 0 Å². The first-order valence-electron chi connectivity index (χ1n) is 10.7. The number of piperazine rings is 1. The van der Waals surface area contributed by atoms with Gasteiger partial charge in [0.2, 0.25) is 10.0 Å². The highest BCUT2D eigenvalue weighted by Crippen LogP contribution is 2.33. The van der Waals surface area contributed by atoms with Crippen LogP contribution in [0.3, 0.4) is 0 Å². The Labute approximate surface area is 203 Å². The van der Waals surface area contributed by atoms with E-state index in [0.29, 0.717) is 25.2 Å². The maximum atomic E-state index is 12.9. The number of benzene rings is 2. The second-order valence-corrected chi connectivity index (χ2v) is 10.0. The van der Waals surface area contributed by atoms with Gasteiger partial charge in [-0.05, 0) is 42.8 Å². The molecule has 0 aliphatic carbocycles. The van der Waals surface area contributed by atoms with Crippen molar-refractivity contribution in [3.8, 4) is 5.75 Å². The van der Waals surface area contributed by atoms with Crippen LogP contribution in [0.25, 0.3) is 0 Å². The molecule has 7 nitrogen and oxygen atoms in total. The predicted molar refractivity (Wildman–Crippen MR) is 119 cm³/mol. The van der Waals surface area contributed by atoms with Crippen LogP contribution in [0.4, 0.5) is 32.0 Å². The third-order valence-corrected chi connectivity index (χ3v) is 6.74. The molecule has 1 aliphatic heterocycles. The lowest BCUT2D eigenvalue weighted by Crippen LogP contribution is -2.48. The van der Waals surface area contributed by atoms with Gasteiger partial charge in [0.1, 0.15) is 0 Å².